The van der Waals surface area contributed by atoms with Gasteiger partial charge in [0.05, 0.1) is 12.6 Å². The zero-order chi connectivity index (χ0) is 28.0. The number of pyridine rings is 1. The molecule has 12 heteroatoms. The lowest BCUT2D eigenvalue weighted by molar-refractivity contribution is -0.141. The van der Waals surface area contributed by atoms with Crippen molar-refractivity contribution in [3.05, 3.63) is 40.7 Å². The largest absolute Gasteiger partial charge is 0.444 e. The number of rotatable bonds is 6. The molecule has 0 saturated heterocycles. The van der Waals surface area contributed by atoms with E-state index in [1.807, 2.05) is 0 Å². The maximum atomic E-state index is 13.1. The van der Waals surface area contributed by atoms with Crippen LogP contribution >= 0.6 is 11.3 Å². The molecule has 2 rings (SSSR count). The standard InChI is InChI=1S/C25H31F3N4O4S/c1-8-9-17-15-37-20(30-17)32(22(34)36-24(5,6)7)14-18(31-21(33)35-23(2,3)4)12-16-10-11-19(29-13-16)25(26,27)28/h10-11,13,15,18H,12,14H2,1-7H3,(H,31,33). The van der Waals surface area contributed by atoms with E-state index in [9.17, 15) is 22.8 Å². The maximum absolute atomic E-state index is 13.1. The summed E-state index contributed by atoms with van der Waals surface area (Å²) >= 11 is 1.16. The van der Waals surface area contributed by atoms with Gasteiger partial charge in [0.1, 0.15) is 22.6 Å². The van der Waals surface area contributed by atoms with E-state index in [4.69, 9.17) is 9.47 Å². The number of thiazole rings is 1. The third-order valence-electron chi connectivity index (χ3n) is 4.31. The Labute approximate surface area is 218 Å². The van der Waals surface area contributed by atoms with Gasteiger partial charge >= 0.3 is 18.4 Å². The highest BCUT2D eigenvalue weighted by Gasteiger charge is 2.33. The van der Waals surface area contributed by atoms with Crippen molar-refractivity contribution < 1.29 is 32.2 Å². The summed E-state index contributed by atoms with van der Waals surface area (Å²) in [5, 5.41) is 4.67. The van der Waals surface area contributed by atoms with Gasteiger partial charge in [-0.05, 0) is 72.4 Å². The molecule has 8 nitrogen and oxygen atoms in total. The van der Waals surface area contributed by atoms with Gasteiger partial charge in [0, 0.05) is 11.6 Å². The predicted molar refractivity (Wildman–Crippen MR) is 134 cm³/mol. The van der Waals surface area contributed by atoms with Crippen LogP contribution in [0.15, 0.2) is 23.7 Å². The number of alkyl halides is 3. The number of anilines is 1. The molecule has 0 spiro atoms. The zero-order valence-electron chi connectivity index (χ0n) is 21.8. The first-order valence-electron chi connectivity index (χ1n) is 11.4. The van der Waals surface area contributed by atoms with Gasteiger partial charge in [-0.15, -0.1) is 11.3 Å². The SMILES string of the molecule is CC#Cc1csc(N(CC(Cc2ccc(C(F)(F)F)nc2)NC(=O)OC(C)(C)C)C(=O)OC(C)(C)C)n1. The second-order valence-electron chi connectivity index (χ2n) is 10.1. The molecule has 0 radical (unpaired) electrons. The second kappa shape index (κ2) is 11.8. The van der Waals surface area contributed by atoms with Crippen LogP contribution in [-0.4, -0.2) is 45.9 Å². The minimum absolute atomic E-state index is 0.0523. The molecule has 2 heterocycles. The molecular formula is C25H31F3N4O4S. The van der Waals surface area contributed by atoms with Gasteiger partial charge in [0.25, 0.3) is 0 Å². The van der Waals surface area contributed by atoms with Crippen LogP contribution in [0.3, 0.4) is 0 Å². The van der Waals surface area contributed by atoms with E-state index in [2.05, 4.69) is 27.1 Å². The Kier molecular flexibility index (Phi) is 9.54. The number of carbonyl (C=O) groups excluding carboxylic acids is 2. The van der Waals surface area contributed by atoms with E-state index in [0.717, 1.165) is 23.6 Å². The van der Waals surface area contributed by atoms with E-state index < -0.39 is 41.3 Å². The molecule has 1 atom stereocenters. The van der Waals surface area contributed by atoms with Crippen LogP contribution in [-0.2, 0) is 22.1 Å². The maximum Gasteiger partial charge on any atom is 0.433 e. The lowest BCUT2D eigenvalue weighted by Gasteiger charge is -2.30. The Bertz CT molecular complexity index is 1140. The molecule has 2 aromatic rings. The van der Waals surface area contributed by atoms with Gasteiger partial charge in [-0.2, -0.15) is 13.2 Å². The van der Waals surface area contributed by atoms with Crippen LogP contribution in [0.1, 0.15) is 65.4 Å². The van der Waals surface area contributed by atoms with Crippen molar-refractivity contribution in [2.45, 2.75) is 78.3 Å². The summed E-state index contributed by atoms with van der Waals surface area (Å²) in [6.07, 6.45) is -4.90. The first kappa shape index (κ1) is 29.9. The quantitative estimate of drug-likeness (QED) is 0.465. The average molecular weight is 541 g/mol. The summed E-state index contributed by atoms with van der Waals surface area (Å²) in [5.41, 5.74) is -1.77. The normalized spacial score (nSPS) is 12.7. The van der Waals surface area contributed by atoms with E-state index in [1.165, 1.54) is 11.0 Å². The minimum Gasteiger partial charge on any atom is -0.444 e. The smallest absolute Gasteiger partial charge is 0.433 e. The molecule has 0 saturated carbocycles. The van der Waals surface area contributed by atoms with Crippen molar-refractivity contribution in [3.63, 3.8) is 0 Å². The molecule has 1 unspecified atom stereocenters. The fourth-order valence-electron chi connectivity index (χ4n) is 2.97. The molecule has 0 aromatic carbocycles. The van der Waals surface area contributed by atoms with Crippen LogP contribution in [0.25, 0.3) is 0 Å². The fourth-order valence-corrected chi connectivity index (χ4v) is 3.73. The minimum atomic E-state index is -4.58. The Balaban J connectivity index is 2.40. The molecule has 202 valence electrons. The van der Waals surface area contributed by atoms with Crippen LogP contribution in [0.4, 0.5) is 27.9 Å². The molecule has 2 aromatic heterocycles. The summed E-state index contributed by atoms with van der Waals surface area (Å²) < 4.78 is 49.7. The molecule has 0 aliphatic carbocycles. The van der Waals surface area contributed by atoms with E-state index >= 15 is 0 Å². The van der Waals surface area contributed by atoms with Gasteiger partial charge in [0.15, 0.2) is 5.13 Å². The molecule has 2 amide bonds. The number of hydrogen-bond acceptors (Lipinski definition) is 7. The number of halogens is 3. The molecule has 1 N–H and O–H groups in total. The topological polar surface area (TPSA) is 93.7 Å². The van der Waals surface area contributed by atoms with Crippen molar-refractivity contribution in [2.24, 2.45) is 0 Å². The number of nitrogens with zero attached hydrogens (tertiary/aromatic N) is 3. The first-order chi connectivity index (χ1) is 17.0. The third kappa shape index (κ3) is 10.3. The summed E-state index contributed by atoms with van der Waals surface area (Å²) in [6, 6.07) is 1.35. The Morgan fingerprint density at radius 3 is 2.27 bits per heavy atom. The number of carbonyl (C=O) groups is 2. The molecule has 0 aliphatic rings. The summed E-state index contributed by atoms with van der Waals surface area (Å²) in [7, 11) is 0. The summed E-state index contributed by atoms with van der Waals surface area (Å²) in [6.45, 7) is 11.8. The third-order valence-corrected chi connectivity index (χ3v) is 5.17. The monoisotopic (exact) mass is 540 g/mol. The summed E-state index contributed by atoms with van der Waals surface area (Å²) in [5.74, 6) is 5.56. The van der Waals surface area contributed by atoms with Crippen molar-refractivity contribution in [2.75, 3.05) is 11.4 Å². The van der Waals surface area contributed by atoms with E-state index in [1.54, 1.807) is 53.8 Å². The van der Waals surface area contributed by atoms with Gasteiger partial charge in [-0.3, -0.25) is 9.88 Å². The van der Waals surface area contributed by atoms with Crippen LogP contribution in [0.2, 0.25) is 0 Å². The number of nitrogens with one attached hydrogen (secondary N) is 1. The number of alkyl carbamates (subject to hydrolysis) is 1. The van der Waals surface area contributed by atoms with E-state index in [-0.39, 0.29) is 18.1 Å². The van der Waals surface area contributed by atoms with Crippen molar-refractivity contribution >= 4 is 28.7 Å². The molecule has 0 fully saturated rings. The number of hydrogen-bond donors (Lipinski definition) is 1. The highest BCUT2D eigenvalue weighted by Crippen LogP contribution is 2.28. The molecule has 0 aliphatic heterocycles. The van der Waals surface area contributed by atoms with Gasteiger partial charge in [-0.25, -0.2) is 14.6 Å². The number of aromatic nitrogens is 2. The summed E-state index contributed by atoms with van der Waals surface area (Å²) in [4.78, 5) is 34.8. The Hall–Kier alpha value is -3.33. The Morgan fingerprint density at radius 1 is 1.11 bits per heavy atom. The fraction of sp³-hybridized carbons (Fsp3) is 0.520. The van der Waals surface area contributed by atoms with Crippen molar-refractivity contribution in [1.29, 1.82) is 0 Å². The highest BCUT2D eigenvalue weighted by atomic mass is 32.1. The number of amides is 2. The van der Waals surface area contributed by atoms with Gasteiger partial charge in [0.2, 0.25) is 0 Å². The van der Waals surface area contributed by atoms with Crippen LogP contribution in [0, 0.1) is 11.8 Å². The lowest BCUT2D eigenvalue weighted by Crippen LogP contribution is -2.49. The zero-order valence-corrected chi connectivity index (χ0v) is 22.6. The average Bonchev–Trinajstić information content (AvgIpc) is 3.17. The van der Waals surface area contributed by atoms with Gasteiger partial charge in [-0.1, -0.05) is 12.0 Å². The molecule has 0 bridgehead atoms. The van der Waals surface area contributed by atoms with Gasteiger partial charge < -0.3 is 14.8 Å². The van der Waals surface area contributed by atoms with Crippen LogP contribution < -0.4 is 10.2 Å². The van der Waals surface area contributed by atoms with E-state index in [0.29, 0.717) is 11.3 Å². The molecular weight excluding hydrogens is 509 g/mol. The highest BCUT2D eigenvalue weighted by molar-refractivity contribution is 7.14. The predicted octanol–water partition coefficient (Wildman–Crippen LogP) is 5.81. The van der Waals surface area contributed by atoms with Crippen LogP contribution in [0.5, 0.6) is 0 Å². The number of ether oxygens (including phenoxy) is 2. The second-order valence-corrected chi connectivity index (χ2v) is 10.9. The first-order valence-corrected chi connectivity index (χ1v) is 12.3. The van der Waals surface area contributed by atoms with Crippen molar-refractivity contribution in [3.8, 4) is 11.8 Å². The lowest BCUT2D eigenvalue weighted by atomic mass is 10.1. The molecule has 37 heavy (non-hydrogen) atoms. The Morgan fingerprint density at radius 2 is 1.76 bits per heavy atom. The van der Waals surface area contributed by atoms with Crippen molar-refractivity contribution in [1.82, 2.24) is 15.3 Å².